The molecule has 0 bridgehead atoms. The smallest absolute Gasteiger partial charge is 0.335 e. The third-order valence-corrected chi connectivity index (χ3v) is 6.68. The highest BCUT2D eigenvalue weighted by Crippen LogP contribution is 2.56. The van der Waals surface area contributed by atoms with Gasteiger partial charge in [-0.15, -0.1) is 0 Å². The zero-order valence-corrected chi connectivity index (χ0v) is 21.5. The fraction of sp³-hybridized carbons (Fsp3) is 0.414. The molecule has 2 atom stereocenters. The van der Waals surface area contributed by atoms with Crippen molar-refractivity contribution in [3.8, 4) is 28.7 Å². The Hall–Kier alpha value is -3.65. The summed E-state index contributed by atoms with van der Waals surface area (Å²) in [6, 6.07) is 8.55. The Bertz CT molecular complexity index is 1200. The monoisotopic (exact) mass is 509 g/mol. The molecule has 37 heavy (non-hydrogen) atoms. The van der Waals surface area contributed by atoms with Gasteiger partial charge in [-0.05, 0) is 30.0 Å². The summed E-state index contributed by atoms with van der Waals surface area (Å²) in [5.74, 6) is 0.830. The van der Waals surface area contributed by atoms with E-state index in [-0.39, 0.29) is 54.3 Å². The second kappa shape index (κ2) is 11.6. The van der Waals surface area contributed by atoms with Crippen molar-refractivity contribution in [3.63, 3.8) is 0 Å². The minimum absolute atomic E-state index is 0.0427. The molecule has 0 aliphatic carbocycles. The van der Waals surface area contributed by atoms with Gasteiger partial charge in [0.05, 0.1) is 13.7 Å². The highest BCUT2D eigenvalue weighted by atomic mass is 16.5. The molecule has 0 spiro atoms. The molecule has 0 saturated carbocycles. The van der Waals surface area contributed by atoms with Crippen LogP contribution in [0.4, 0.5) is 0 Å². The number of fused-ring (bicyclic) bond motifs is 1. The number of benzene rings is 2. The van der Waals surface area contributed by atoms with Crippen LogP contribution in [0.3, 0.4) is 0 Å². The SMILES string of the molecule is COc1c(O)c([C@H](CCC(C)C)c2cc[n-]c2)c2c(c1OCCCO)C(=[OH+])CC(c1ccc(O)cc1)O2. The summed E-state index contributed by atoms with van der Waals surface area (Å²) in [5.41, 5.74) is 2.54. The van der Waals surface area contributed by atoms with Crippen LogP contribution in [0.5, 0.6) is 28.7 Å². The Morgan fingerprint density at radius 2 is 1.86 bits per heavy atom. The van der Waals surface area contributed by atoms with E-state index in [0.717, 1.165) is 17.5 Å². The lowest BCUT2D eigenvalue weighted by Gasteiger charge is -2.31. The number of phenols is 2. The molecule has 3 aromatic rings. The minimum atomic E-state index is -0.548. The third-order valence-electron chi connectivity index (χ3n) is 6.68. The topological polar surface area (TPSA) is 124 Å². The van der Waals surface area contributed by atoms with Crippen LogP contribution in [0.25, 0.3) is 0 Å². The van der Waals surface area contributed by atoms with E-state index in [1.165, 1.54) is 7.11 Å². The molecule has 1 aliphatic heterocycles. The number of nitrogens with zero attached hydrogens (tertiary/aromatic N) is 1. The van der Waals surface area contributed by atoms with Gasteiger partial charge in [-0.25, -0.2) is 0 Å². The number of aliphatic hydroxyl groups excluding tert-OH is 1. The standard InChI is InChI=1S/C29H34NO7/c1-17(2)5-10-21(19-11-12-30-16-19)24-26(34)29(35-3)28(36-14-4-13-31)25-22(33)15-23(37-27(24)25)18-6-8-20(32)9-7-18/h6-9,11-12,16-17,21,23,31-32H,4-5,10,13-15H2,1-3H3,(H,33,34)/q-1/p+1/t21-,23?/m1/s1. The van der Waals surface area contributed by atoms with Crippen LogP contribution >= 0.6 is 0 Å². The number of phenolic OH excluding ortho intramolecular Hbond substituents is 2. The van der Waals surface area contributed by atoms with Crippen LogP contribution in [0.15, 0.2) is 42.7 Å². The highest BCUT2D eigenvalue weighted by molar-refractivity contribution is 6.05. The zero-order valence-electron chi connectivity index (χ0n) is 21.5. The van der Waals surface area contributed by atoms with E-state index in [1.807, 2.05) is 6.07 Å². The average molecular weight is 510 g/mol. The number of ether oxygens (including phenoxy) is 3. The van der Waals surface area contributed by atoms with Crippen molar-refractivity contribution >= 4 is 5.78 Å². The van der Waals surface area contributed by atoms with E-state index in [0.29, 0.717) is 35.6 Å². The molecule has 2 aromatic carbocycles. The molecule has 0 amide bonds. The van der Waals surface area contributed by atoms with Crippen molar-refractivity contribution in [3.05, 3.63) is 65.0 Å². The first kappa shape index (κ1) is 26.4. The van der Waals surface area contributed by atoms with Gasteiger partial charge in [0.25, 0.3) is 0 Å². The number of carbonyl (C=O) groups excluding carboxylic acids is 1. The van der Waals surface area contributed by atoms with E-state index in [2.05, 4.69) is 18.8 Å². The van der Waals surface area contributed by atoms with Crippen molar-refractivity contribution < 1.29 is 34.3 Å². The van der Waals surface area contributed by atoms with Gasteiger partial charge < -0.3 is 34.5 Å². The molecule has 198 valence electrons. The van der Waals surface area contributed by atoms with E-state index in [9.17, 15) is 20.1 Å². The van der Waals surface area contributed by atoms with Gasteiger partial charge in [-0.3, -0.25) is 4.79 Å². The summed E-state index contributed by atoms with van der Waals surface area (Å²) in [6.07, 6.45) is 5.08. The normalized spacial score (nSPS) is 15.8. The lowest BCUT2D eigenvalue weighted by atomic mass is 9.82. The number of methoxy groups -OCH3 is 1. The first-order valence-corrected chi connectivity index (χ1v) is 12.6. The fourth-order valence-corrected chi connectivity index (χ4v) is 4.78. The summed E-state index contributed by atoms with van der Waals surface area (Å²) >= 11 is 0. The third kappa shape index (κ3) is 5.54. The molecule has 8 heteroatoms. The molecule has 2 heterocycles. The highest BCUT2D eigenvalue weighted by Gasteiger charge is 2.42. The van der Waals surface area contributed by atoms with Gasteiger partial charge in [0.1, 0.15) is 24.0 Å². The quantitative estimate of drug-likeness (QED) is 0.250. The largest absolute Gasteiger partial charge is 0.670 e. The van der Waals surface area contributed by atoms with Crippen molar-refractivity contribution in [1.82, 2.24) is 4.98 Å². The second-order valence-corrected chi connectivity index (χ2v) is 9.72. The maximum atomic E-state index is 11.6. The van der Waals surface area contributed by atoms with Gasteiger partial charge in [0.15, 0.2) is 17.1 Å². The molecule has 1 aliphatic rings. The number of hydrogen-bond donors (Lipinski definition) is 3. The molecule has 1 aromatic heterocycles. The van der Waals surface area contributed by atoms with Crippen LogP contribution in [-0.4, -0.2) is 46.2 Å². The molecule has 8 nitrogen and oxygen atoms in total. The number of hydrogen-bond acceptors (Lipinski definition) is 6. The number of aromatic hydroxyl groups is 2. The Morgan fingerprint density at radius 1 is 1.11 bits per heavy atom. The first-order valence-electron chi connectivity index (χ1n) is 12.6. The van der Waals surface area contributed by atoms with Gasteiger partial charge in [0.2, 0.25) is 5.75 Å². The summed E-state index contributed by atoms with van der Waals surface area (Å²) in [7, 11) is 1.44. The Morgan fingerprint density at radius 3 is 2.49 bits per heavy atom. The van der Waals surface area contributed by atoms with Crippen LogP contribution < -0.4 is 19.2 Å². The summed E-state index contributed by atoms with van der Waals surface area (Å²) in [4.78, 5) is 15.6. The van der Waals surface area contributed by atoms with Gasteiger partial charge >= 0.3 is 5.78 Å². The lowest BCUT2D eigenvalue weighted by molar-refractivity contribution is 0.191. The number of aromatic nitrogens is 1. The molecule has 0 radical (unpaired) electrons. The van der Waals surface area contributed by atoms with Crippen molar-refractivity contribution in [2.75, 3.05) is 20.3 Å². The van der Waals surface area contributed by atoms with Crippen LogP contribution in [0.1, 0.15) is 73.8 Å². The molecule has 4 rings (SSSR count). The van der Waals surface area contributed by atoms with E-state index >= 15 is 0 Å². The number of rotatable bonds is 11. The predicted molar refractivity (Wildman–Crippen MR) is 140 cm³/mol. The zero-order chi connectivity index (χ0) is 26.5. The van der Waals surface area contributed by atoms with E-state index in [4.69, 9.17) is 14.2 Å². The predicted octanol–water partition coefficient (Wildman–Crippen LogP) is 4.81. The molecule has 0 saturated heterocycles. The summed E-state index contributed by atoms with van der Waals surface area (Å²) in [5, 5.41) is 30.6. The van der Waals surface area contributed by atoms with Gasteiger partial charge in [-0.2, -0.15) is 12.4 Å². The molecular weight excluding hydrogens is 474 g/mol. The molecule has 1 unspecified atom stereocenters. The fourth-order valence-electron chi connectivity index (χ4n) is 4.78. The average Bonchev–Trinajstić information content (AvgIpc) is 3.40. The maximum absolute atomic E-state index is 11.6. The Kier molecular flexibility index (Phi) is 8.28. The minimum Gasteiger partial charge on any atom is -0.670 e. The number of ketones is 1. The van der Waals surface area contributed by atoms with E-state index in [1.54, 1.807) is 36.7 Å². The van der Waals surface area contributed by atoms with Crippen molar-refractivity contribution in [2.24, 2.45) is 5.92 Å². The Balaban J connectivity index is 1.92. The van der Waals surface area contributed by atoms with Crippen LogP contribution in [0.2, 0.25) is 0 Å². The number of aliphatic hydroxyl groups is 1. The van der Waals surface area contributed by atoms with Crippen molar-refractivity contribution in [2.45, 2.75) is 51.6 Å². The first-order chi connectivity index (χ1) is 17.8. The van der Waals surface area contributed by atoms with Crippen LogP contribution in [-0.2, 0) is 0 Å². The molecular formula is C29H35NO7. The van der Waals surface area contributed by atoms with Gasteiger partial charge in [0, 0.05) is 24.5 Å². The lowest BCUT2D eigenvalue weighted by Crippen LogP contribution is -2.24. The summed E-state index contributed by atoms with van der Waals surface area (Å²) in [6.45, 7) is 4.39. The van der Waals surface area contributed by atoms with Crippen molar-refractivity contribution in [1.29, 1.82) is 0 Å². The van der Waals surface area contributed by atoms with E-state index < -0.39 is 6.10 Å². The van der Waals surface area contributed by atoms with Gasteiger partial charge in [-0.1, -0.05) is 44.0 Å². The molecule has 0 fully saturated rings. The molecule has 4 N–H and O–H groups in total. The summed E-state index contributed by atoms with van der Waals surface area (Å²) < 4.78 is 18.1. The maximum Gasteiger partial charge on any atom is 0.335 e. The van der Waals surface area contributed by atoms with Crippen LogP contribution in [0, 0.1) is 5.92 Å². The second-order valence-electron chi connectivity index (χ2n) is 9.72. The Labute approximate surface area is 216 Å².